The second-order valence-corrected chi connectivity index (χ2v) is 8.31. The number of piperidine rings is 1. The minimum Gasteiger partial charge on any atom is -0.497 e. The molecule has 4 rings (SSSR count). The highest BCUT2D eigenvalue weighted by atomic mass is 35.5. The lowest BCUT2D eigenvalue weighted by Gasteiger charge is -2.33. The number of pyridine rings is 1. The Bertz CT molecular complexity index is 1230. The maximum Gasteiger partial charge on any atom is 0.243 e. The van der Waals surface area contributed by atoms with Crippen LogP contribution < -0.4 is 10.1 Å². The second-order valence-electron chi connectivity index (χ2n) is 7.90. The number of aromatic nitrogens is 3. The Balaban J connectivity index is 1.49. The summed E-state index contributed by atoms with van der Waals surface area (Å²) in [6, 6.07) is 9.76. The van der Waals surface area contributed by atoms with Gasteiger partial charge in [-0.1, -0.05) is 11.6 Å². The third-order valence-corrected chi connectivity index (χ3v) is 6.09. The van der Waals surface area contributed by atoms with Gasteiger partial charge in [-0.3, -0.25) is 0 Å². The largest absolute Gasteiger partial charge is 0.497 e. The number of likely N-dealkylation sites (tertiary alicyclic amines) is 1. The SMILES string of the molecule is COC(C)=N/C(=C\C=N)N1CCC(Nc2nc3c(-c4ccc(OC)cc4Cl)cccn3n2)CC1. The van der Waals surface area contributed by atoms with Crippen LogP contribution in [0.15, 0.2) is 53.4 Å². The lowest BCUT2D eigenvalue weighted by molar-refractivity contribution is 0.268. The molecule has 9 nitrogen and oxygen atoms in total. The van der Waals surface area contributed by atoms with Crippen molar-refractivity contribution in [1.82, 2.24) is 19.5 Å². The summed E-state index contributed by atoms with van der Waals surface area (Å²) in [5.74, 6) is 2.59. The molecular weight excluding hydrogens is 454 g/mol. The Hall–Kier alpha value is -3.59. The standard InChI is InChI=1S/C24H28ClN7O2/c1-16(33-2)27-22(8-11-26)31-13-9-17(10-14-31)28-24-29-23-20(5-4-12-32(23)30-24)19-7-6-18(34-3)15-21(19)25/h4-8,11-12,15,17,26H,9-10,13-14H2,1-3H3,(H,28,30)/b22-8+,26-11?,27-16?. The first kappa shape index (κ1) is 23.6. The van der Waals surface area contributed by atoms with Crippen molar-refractivity contribution < 1.29 is 9.47 Å². The fraction of sp³-hybridized carbons (Fsp3) is 0.333. The van der Waals surface area contributed by atoms with E-state index in [1.165, 1.54) is 6.21 Å². The Labute approximate surface area is 203 Å². The molecule has 1 saturated heterocycles. The van der Waals surface area contributed by atoms with Crippen LogP contribution in [0, 0.1) is 5.41 Å². The second kappa shape index (κ2) is 10.6. The number of benzene rings is 1. The number of fused-ring (bicyclic) bond motifs is 1. The summed E-state index contributed by atoms with van der Waals surface area (Å²) in [7, 11) is 3.21. The number of hydrogen-bond donors (Lipinski definition) is 2. The molecule has 34 heavy (non-hydrogen) atoms. The summed E-state index contributed by atoms with van der Waals surface area (Å²) >= 11 is 6.51. The van der Waals surface area contributed by atoms with Gasteiger partial charge in [-0.15, -0.1) is 5.10 Å². The van der Waals surface area contributed by atoms with E-state index in [0.29, 0.717) is 22.6 Å². The van der Waals surface area contributed by atoms with Gasteiger partial charge in [0.25, 0.3) is 0 Å². The number of rotatable bonds is 7. The van der Waals surface area contributed by atoms with Crippen molar-refractivity contribution >= 4 is 35.3 Å². The van der Waals surface area contributed by atoms with Gasteiger partial charge >= 0.3 is 0 Å². The molecule has 3 aromatic rings. The normalized spacial score (nSPS) is 15.5. The van der Waals surface area contributed by atoms with Crippen molar-refractivity contribution in [2.45, 2.75) is 25.8 Å². The maximum atomic E-state index is 7.42. The van der Waals surface area contributed by atoms with Crippen molar-refractivity contribution in [3.63, 3.8) is 0 Å². The van der Waals surface area contributed by atoms with E-state index in [4.69, 9.17) is 31.5 Å². The molecule has 1 aromatic carbocycles. The number of nitrogens with one attached hydrogen (secondary N) is 2. The molecule has 1 aliphatic rings. The molecule has 0 spiro atoms. The summed E-state index contributed by atoms with van der Waals surface area (Å²) < 4.78 is 12.2. The first-order valence-electron chi connectivity index (χ1n) is 11.0. The van der Waals surface area contributed by atoms with Crippen molar-refractivity contribution in [1.29, 1.82) is 5.41 Å². The van der Waals surface area contributed by atoms with Gasteiger partial charge in [0.15, 0.2) is 11.5 Å². The van der Waals surface area contributed by atoms with Crippen LogP contribution in [0.25, 0.3) is 16.8 Å². The molecule has 0 radical (unpaired) electrons. The zero-order valence-corrected chi connectivity index (χ0v) is 20.2. The average Bonchev–Trinajstić information content (AvgIpc) is 3.26. The van der Waals surface area contributed by atoms with Gasteiger partial charge in [0.05, 0.1) is 19.2 Å². The van der Waals surface area contributed by atoms with Crippen LogP contribution in [-0.2, 0) is 4.74 Å². The molecule has 0 saturated carbocycles. The molecule has 3 heterocycles. The van der Waals surface area contributed by atoms with E-state index >= 15 is 0 Å². The molecule has 0 atom stereocenters. The zero-order valence-electron chi connectivity index (χ0n) is 19.5. The van der Waals surface area contributed by atoms with Crippen molar-refractivity contribution in [2.75, 3.05) is 32.6 Å². The van der Waals surface area contributed by atoms with Crippen molar-refractivity contribution in [3.8, 4) is 16.9 Å². The topological polar surface area (TPSA) is 100 Å². The summed E-state index contributed by atoms with van der Waals surface area (Å²) in [5, 5.41) is 16.1. The zero-order chi connectivity index (χ0) is 24.1. The molecule has 0 unspecified atom stereocenters. The molecule has 0 amide bonds. The van der Waals surface area contributed by atoms with Crippen molar-refractivity contribution in [2.24, 2.45) is 4.99 Å². The van der Waals surface area contributed by atoms with Gasteiger partial charge in [-0.25, -0.2) is 9.51 Å². The van der Waals surface area contributed by atoms with E-state index in [1.54, 1.807) is 37.8 Å². The fourth-order valence-electron chi connectivity index (χ4n) is 3.95. The molecule has 2 aromatic heterocycles. The Morgan fingerprint density at radius 2 is 2.03 bits per heavy atom. The van der Waals surface area contributed by atoms with Gasteiger partial charge in [-0.2, -0.15) is 4.98 Å². The molecule has 0 aliphatic carbocycles. The molecule has 1 fully saturated rings. The van der Waals surface area contributed by atoms with Crippen LogP contribution in [-0.4, -0.2) is 65.0 Å². The molecule has 2 N–H and O–H groups in total. The van der Waals surface area contributed by atoms with E-state index in [2.05, 4.69) is 20.3 Å². The number of halogens is 1. The fourth-order valence-corrected chi connectivity index (χ4v) is 4.22. The monoisotopic (exact) mass is 481 g/mol. The minimum absolute atomic E-state index is 0.232. The summed E-state index contributed by atoms with van der Waals surface area (Å²) in [6.45, 7) is 3.41. The number of anilines is 1. The smallest absolute Gasteiger partial charge is 0.243 e. The highest BCUT2D eigenvalue weighted by molar-refractivity contribution is 6.33. The van der Waals surface area contributed by atoms with Gasteiger partial charge in [0.2, 0.25) is 5.95 Å². The summed E-state index contributed by atoms with van der Waals surface area (Å²) in [6.07, 6.45) is 6.60. The van der Waals surface area contributed by atoms with Crippen LogP contribution in [0.2, 0.25) is 5.02 Å². The first-order valence-corrected chi connectivity index (χ1v) is 11.4. The molecule has 10 heteroatoms. The predicted molar refractivity (Wildman–Crippen MR) is 135 cm³/mol. The van der Waals surface area contributed by atoms with Gasteiger partial charge in [0, 0.05) is 49.6 Å². The lowest BCUT2D eigenvalue weighted by atomic mass is 10.1. The van der Waals surface area contributed by atoms with Crippen LogP contribution in [0.5, 0.6) is 5.75 Å². The van der Waals surface area contributed by atoms with Gasteiger partial charge in [-0.05, 0) is 49.2 Å². The van der Waals surface area contributed by atoms with E-state index in [1.807, 2.05) is 30.5 Å². The van der Waals surface area contributed by atoms with E-state index < -0.39 is 0 Å². The molecule has 0 bridgehead atoms. The highest BCUT2D eigenvalue weighted by Crippen LogP contribution is 2.33. The maximum absolute atomic E-state index is 7.42. The summed E-state index contributed by atoms with van der Waals surface area (Å²) in [5.41, 5.74) is 2.51. The molecular formula is C24H28ClN7O2. The Morgan fingerprint density at radius 1 is 1.24 bits per heavy atom. The van der Waals surface area contributed by atoms with E-state index in [0.717, 1.165) is 48.5 Å². The Kier molecular flexibility index (Phi) is 7.32. The number of allylic oxidation sites excluding steroid dienone is 1. The number of aliphatic imine (C=N–C) groups is 1. The number of ether oxygens (including phenoxy) is 2. The van der Waals surface area contributed by atoms with E-state index in [9.17, 15) is 0 Å². The van der Waals surface area contributed by atoms with Gasteiger partial charge < -0.3 is 25.1 Å². The predicted octanol–water partition coefficient (Wildman–Crippen LogP) is 4.49. The molecule has 1 aliphatic heterocycles. The lowest BCUT2D eigenvalue weighted by Crippen LogP contribution is -2.38. The van der Waals surface area contributed by atoms with Crippen LogP contribution >= 0.6 is 11.6 Å². The van der Waals surface area contributed by atoms with Crippen LogP contribution in [0.3, 0.4) is 0 Å². The number of nitrogens with zero attached hydrogens (tertiary/aromatic N) is 5. The first-order chi connectivity index (χ1) is 16.5. The van der Waals surface area contributed by atoms with Crippen LogP contribution in [0.4, 0.5) is 5.95 Å². The minimum atomic E-state index is 0.232. The Morgan fingerprint density at radius 3 is 2.71 bits per heavy atom. The number of hydrogen-bond acceptors (Lipinski definition) is 8. The van der Waals surface area contributed by atoms with Crippen LogP contribution in [0.1, 0.15) is 19.8 Å². The van der Waals surface area contributed by atoms with Crippen molar-refractivity contribution in [3.05, 3.63) is 53.4 Å². The third kappa shape index (κ3) is 5.14. The van der Waals surface area contributed by atoms with E-state index in [-0.39, 0.29) is 6.04 Å². The average molecular weight is 482 g/mol. The summed E-state index contributed by atoms with van der Waals surface area (Å²) in [4.78, 5) is 11.4. The van der Waals surface area contributed by atoms with Gasteiger partial charge in [0.1, 0.15) is 11.6 Å². The highest BCUT2D eigenvalue weighted by Gasteiger charge is 2.22. The molecule has 178 valence electrons. The number of methoxy groups -OCH3 is 2. The quantitative estimate of drug-likeness (QED) is 0.381. The third-order valence-electron chi connectivity index (χ3n) is 5.78.